The monoisotopic (exact) mass is 590 g/mol. The van der Waals surface area contributed by atoms with Crippen LogP contribution in [0.1, 0.15) is 70.3 Å². The van der Waals surface area contributed by atoms with Crippen molar-refractivity contribution in [2.45, 2.75) is 88.4 Å². The standard InChI is InChI=1S/C42H42N2O/c1-2-10-29(11-3-1)43-37-15-7-4-12-31(37)35-24-27(18-22-39(35)43)28-19-23-40-36(25-28)32-13-5-8-16-38(32)44(40)30-20-21-34-33-14-6-9-17-41(33)45-42(34)26-30/h1-2,4-7,9,12-15,17,19,22,24-25,27,29-30,33,40-41H,3,8,10-11,16,18,20-21,23,26H2/t27?,29?,30-,33?,40?,41?/m1/s1. The molecule has 0 saturated carbocycles. The molecule has 45 heavy (non-hydrogen) atoms. The van der Waals surface area contributed by atoms with Crippen molar-refractivity contribution in [1.82, 2.24) is 9.47 Å². The molecule has 10 rings (SSSR count). The highest BCUT2D eigenvalue weighted by atomic mass is 16.5. The molecule has 0 bridgehead atoms. The molecule has 0 saturated heterocycles. The summed E-state index contributed by atoms with van der Waals surface area (Å²) >= 11 is 0. The molecule has 6 aliphatic carbocycles. The summed E-state index contributed by atoms with van der Waals surface area (Å²) in [5.74, 6) is 2.19. The first-order chi connectivity index (χ1) is 22.3. The van der Waals surface area contributed by atoms with Gasteiger partial charge in [-0.25, -0.2) is 0 Å². The zero-order chi connectivity index (χ0) is 29.5. The Labute approximate surface area is 266 Å². The van der Waals surface area contributed by atoms with Crippen LogP contribution in [0.3, 0.4) is 0 Å². The minimum Gasteiger partial charge on any atom is -0.490 e. The fourth-order valence-corrected chi connectivity index (χ4v) is 9.97. The lowest BCUT2D eigenvalue weighted by Crippen LogP contribution is -2.42. The van der Waals surface area contributed by atoms with E-state index in [4.69, 9.17) is 4.74 Å². The van der Waals surface area contributed by atoms with E-state index in [1.807, 2.05) is 0 Å². The summed E-state index contributed by atoms with van der Waals surface area (Å²) in [6, 6.07) is 10.7. The third kappa shape index (κ3) is 4.02. The molecule has 2 aromatic rings. The van der Waals surface area contributed by atoms with E-state index in [2.05, 4.69) is 107 Å². The SMILES string of the molecule is C1=CC2OC3=C(CC[C@@H](N4C5=C(C=CCC5)C5=CC(C6C=c7c(n(C8CC=CCC8)c8ccccc78)=CC6)=CCC54)C3)C2C=C1. The first kappa shape index (κ1) is 26.3. The van der Waals surface area contributed by atoms with Gasteiger partial charge >= 0.3 is 0 Å². The van der Waals surface area contributed by atoms with Crippen molar-refractivity contribution >= 4 is 23.1 Å². The Morgan fingerprint density at radius 2 is 1.80 bits per heavy atom. The van der Waals surface area contributed by atoms with E-state index < -0.39 is 0 Å². The predicted octanol–water partition coefficient (Wildman–Crippen LogP) is 8.00. The van der Waals surface area contributed by atoms with Crippen molar-refractivity contribution in [2.24, 2.45) is 11.8 Å². The summed E-state index contributed by atoms with van der Waals surface area (Å²) < 4.78 is 9.24. The summed E-state index contributed by atoms with van der Waals surface area (Å²) in [5, 5.41) is 4.33. The number of ether oxygens (including phenoxy) is 1. The molecule has 3 heterocycles. The topological polar surface area (TPSA) is 17.4 Å². The predicted molar refractivity (Wildman–Crippen MR) is 183 cm³/mol. The van der Waals surface area contributed by atoms with Crippen LogP contribution >= 0.6 is 0 Å². The molecule has 0 N–H and O–H groups in total. The largest absolute Gasteiger partial charge is 0.490 e. The van der Waals surface area contributed by atoms with Crippen molar-refractivity contribution in [3.05, 3.63) is 129 Å². The van der Waals surface area contributed by atoms with Crippen molar-refractivity contribution in [1.29, 1.82) is 0 Å². The van der Waals surface area contributed by atoms with Gasteiger partial charge in [0.15, 0.2) is 0 Å². The number of para-hydroxylation sites is 1. The molecule has 6 atom stereocenters. The lowest BCUT2D eigenvalue weighted by Gasteiger charge is -2.40. The summed E-state index contributed by atoms with van der Waals surface area (Å²) in [6.45, 7) is 0. The van der Waals surface area contributed by atoms with Gasteiger partial charge in [-0.1, -0.05) is 85.0 Å². The third-order valence-corrected chi connectivity index (χ3v) is 12.0. The van der Waals surface area contributed by atoms with E-state index >= 15 is 0 Å². The highest BCUT2D eigenvalue weighted by molar-refractivity contribution is 5.83. The number of hydrogen-bond donors (Lipinski definition) is 0. The second-order valence-corrected chi connectivity index (χ2v) is 14.3. The van der Waals surface area contributed by atoms with Crippen molar-refractivity contribution < 1.29 is 4.74 Å². The van der Waals surface area contributed by atoms with Gasteiger partial charge in [-0.05, 0) is 92.2 Å². The Hall–Kier alpha value is -3.98. The Bertz CT molecular complexity index is 1990. The van der Waals surface area contributed by atoms with Crippen molar-refractivity contribution in [3.8, 4) is 0 Å². The molecule has 226 valence electrons. The number of benzene rings is 1. The summed E-state index contributed by atoms with van der Waals surface area (Å²) in [4.78, 5) is 2.86. The van der Waals surface area contributed by atoms with Gasteiger partial charge in [0.2, 0.25) is 0 Å². The molecule has 1 aromatic heterocycles. The van der Waals surface area contributed by atoms with Crippen LogP contribution in [0, 0.1) is 11.8 Å². The second-order valence-electron chi connectivity index (χ2n) is 14.3. The van der Waals surface area contributed by atoms with Crippen LogP contribution in [0.15, 0.2) is 119 Å². The molecule has 5 unspecified atom stereocenters. The van der Waals surface area contributed by atoms with Crippen LogP contribution in [0.25, 0.3) is 23.1 Å². The highest BCUT2D eigenvalue weighted by Gasteiger charge is 2.44. The Morgan fingerprint density at radius 3 is 2.76 bits per heavy atom. The smallest absolute Gasteiger partial charge is 0.127 e. The summed E-state index contributed by atoms with van der Waals surface area (Å²) in [6.07, 6.45) is 40.7. The number of fused-ring (bicyclic) bond motifs is 7. The molecule has 0 fully saturated rings. The van der Waals surface area contributed by atoms with Crippen molar-refractivity contribution in [3.63, 3.8) is 0 Å². The molecule has 2 aliphatic heterocycles. The van der Waals surface area contributed by atoms with E-state index in [0.717, 1.165) is 38.5 Å². The van der Waals surface area contributed by atoms with Crippen LogP contribution < -0.4 is 10.6 Å². The van der Waals surface area contributed by atoms with Crippen LogP contribution in [0.5, 0.6) is 0 Å². The molecule has 3 nitrogen and oxygen atoms in total. The van der Waals surface area contributed by atoms with E-state index in [-0.39, 0.29) is 6.10 Å². The van der Waals surface area contributed by atoms with Gasteiger partial charge in [0.25, 0.3) is 0 Å². The lowest BCUT2D eigenvalue weighted by molar-refractivity contribution is 0.130. The van der Waals surface area contributed by atoms with Crippen LogP contribution in [0.4, 0.5) is 0 Å². The Balaban J connectivity index is 0.979. The highest BCUT2D eigenvalue weighted by Crippen LogP contribution is 2.50. The van der Waals surface area contributed by atoms with Crippen molar-refractivity contribution in [2.75, 3.05) is 0 Å². The van der Waals surface area contributed by atoms with Crippen LogP contribution in [-0.4, -0.2) is 27.7 Å². The number of aromatic nitrogens is 1. The zero-order valence-corrected chi connectivity index (χ0v) is 26.1. The first-order valence-electron chi connectivity index (χ1n) is 17.6. The average molecular weight is 591 g/mol. The summed E-state index contributed by atoms with van der Waals surface area (Å²) in [7, 11) is 0. The minimum absolute atomic E-state index is 0.220. The Morgan fingerprint density at radius 1 is 0.844 bits per heavy atom. The number of nitrogens with zero attached hydrogens (tertiary/aromatic N) is 2. The van der Waals surface area contributed by atoms with E-state index in [1.165, 1.54) is 64.1 Å². The second kappa shape index (κ2) is 10.3. The first-order valence-corrected chi connectivity index (χ1v) is 17.6. The molecule has 0 radical (unpaired) electrons. The van der Waals surface area contributed by atoms with Gasteiger partial charge in [0, 0.05) is 57.5 Å². The zero-order valence-electron chi connectivity index (χ0n) is 26.1. The maximum absolute atomic E-state index is 6.57. The molecule has 1 aromatic carbocycles. The van der Waals surface area contributed by atoms with Crippen LogP contribution in [0.2, 0.25) is 0 Å². The fraction of sp³-hybridized carbons (Fsp3) is 0.381. The lowest BCUT2D eigenvalue weighted by atomic mass is 9.81. The third-order valence-electron chi connectivity index (χ3n) is 12.0. The van der Waals surface area contributed by atoms with Gasteiger partial charge in [-0.2, -0.15) is 0 Å². The van der Waals surface area contributed by atoms with Gasteiger partial charge in [0.1, 0.15) is 6.10 Å². The van der Waals surface area contributed by atoms with Gasteiger partial charge in [0.05, 0.1) is 11.8 Å². The van der Waals surface area contributed by atoms with Crippen LogP contribution in [-0.2, 0) is 4.74 Å². The average Bonchev–Trinajstić information content (AvgIpc) is 3.75. The maximum Gasteiger partial charge on any atom is 0.127 e. The minimum atomic E-state index is 0.220. The number of allylic oxidation sites excluding steroid dienone is 9. The van der Waals surface area contributed by atoms with Gasteiger partial charge < -0.3 is 14.2 Å². The van der Waals surface area contributed by atoms with E-state index in [9.17, 15) is 0 Å². The molecule has 0 amide bonds. The molecular formula is C42H42N2O. The van der Waals surface area contributed by atoms with Gasteiger partial charge in [-0.15, -0.1) is 0 Å². The van der Waals surface area contributed by atoms with Gasteiger partial charge in [-0.3, -0.25) is 0 Å². The molecule has 8 aliphatic rings. The van der Waals surface area contributed by atoms with E-state index in [0.29, 0.717) is 30.0 Å². The maximum atomic E-state index is 6.57. The number of rotatable bonds is 3. The Kier molecular flexibility index (Phi) is 5.99. The van der Waals surface area contributed by atoms with E-state index in [1.54, 1.807) is 16.8 Å². The summed E-state index contributed by atoms with van der Waals surface area (Å²) in [5.41, 5.74) is 9.18. The quantitative estimate of drug-likeness (QED) is 0.337. The number of hydrogen-bond acceptors (Lipinski definition) is 2. The normalized spacial score (nSPS) is 32.7. The molecular weight excluding hydrogens is 548 g/mol. The molecule has 3 heteroatoms. The molecule has 0 spiro atoms. The fourth-order valence-electron chi connectivity index (χ4n) is 9.97.